The monoisotopic (exact) mass is 228 g/mol. The predicted molar refractivity (Wildman–Crippen MR) is 63.9 cm³/mol. The third kappa shape index (κ3) is 4.94. The van der Waals surface area contributed by atoms with Crippen molar-refractivity contribution < 1.29 is 9.90 Å². The summed E-state index contributed by atoms with van der Waals surface area (Å²) in [6.45, 7) is 0.697. The Morgan fingerprint density at radius 3 is 2.69 bits per heavy atom. The minimum atomic E-state index is -0.346. The minimum Gasteiger partial charge on any atom is -0.391 e. The van der Waals surface area contributed by atoms with Crippen LogP contribution in [-0.2, 0) is 4.79 Å². The molecule has 0 aromatic heterocycles. The van der Waals surface area contributed by atoms with Gasteiger partial charge in [0.25, 0.3) is 0 Å². The molecule has 1 fully saturated rings. The van der Waals surface area contributed by atoms with E-state index in [0.29, 0.717) is 13.0 Å². The van der Waals surface area contributed by atoms with E-state index < -0.39 is 0 Å². The number of nitrogens with two attached hydrogens (primary N) is 1. The topological polar surface area (TPSA) is 75.4 Å². The van der Waals surface area contributed by atoms with Crippen molar-refractivity contribution in [2.75, 3.05) is 6.54 Å². The molecule has 0 heterocycles. The number of carbonyl (C=O) groups is 1. The van der Waals surface area contributed by atoms with Gasteiger partial charge >= 0.3 is 0 Å². The Labute approximate surface area is 97.6 Å². The van der Waals surface area contributed by atoms with Gasteiger partial charge in [-0.15, -0.1) is 0 Å². The van der Waals surface area contributed by atoms with Gasteiger partial charge in [0, 0.05) is 6.42 Å². The molecule has 0 unspecified atom stereocenters. The van der Waals surface area contributed by atoms with Crippen LogP contribution in [0.4, 0.5) is 0 Å². The molecule has 4 heteroatoms. The minimum absolute atomic E-state index is 0.0178. The highest BCUT2D eigenvalue weighted by atomic mass is 16.3. The second kappa shape index (κ2) is 7.63. The fourth-order valence-electron chi connectivity index (χ4n) is 2.17. The van der Waals surface area contributed by atoms with Gasteiger partial charge in [-0.3, -0.25) is 4.79 Å². The van der Waals surface area contributed by atoms with Gasteiger partial charge in [-0.2, -0.15) is 0 Å². The van der Waals surface area contributed by atoms with Crippen LogP contribution >= 0.6 is 0 Å². The average molecular weight is 228 g/mol. The third-order valence-electron chi connectivity index (χ3n) is 3.18. The zero-order chi connectivity index (χ0) is 11.8. The second-order valence-corrected chi connectivity index (χ2v) is 4.63. The van der Waals surface area contributed by atoms with Gasteiger partial charge in [0.1, 0.15) is 0 Å². The molecule has 1 aliphatic rings. The molecule has 0 bridgehead atoms. The molecule has 0 spiro atoms. The van der Waals surface area contributed by atoms with Crippen LogP contribution < -0.4 is 11.1 Å². The van der Waals surface area contributed by atoms with Crippen molar-refractivity contribution >= 4 is 5.91 Å². The smallest absolute Gasteiger partial charge is 0.220 e. The van der Waals surface area contributed by atoms with E-state index >= 15 is 0 Å². The first-order valence-electron chi connectivity index (χ1n) is 6.41. The molecule has 1 saturated carbocycles. The standard InChI is InChI=1S/C12H24N2O2/c13-9-5-1-2-8-12(16)14-10-6-3-4-7-11(10)15/h10-11,15H,1-9,13H2,(H,14,16)/t10-,11-/m0/s1. The molecule has 0 aliphatic heterocycles. The summed E-state index contributed by atoms with van der Waals surface area (Å²) in [5.41, 5.74) is 5.38. The molecule has 94 valence electrons. The summed E-state index contributed by atoms with van der Waals surface area (Å²) >= 11 is 0. The Morgan fingerprint density at radius 1 is 1.25 bits per heavy atom. The van der Waals surface area contributed by atoms with Crippen molar-refractivity contribution in [2.24, 2.45) is 5.73 Å². The number of aliphatic hydroxyl groups excluding tert-OH is 1. The van der Waals surface area contributed by atoms with E-state index in [1.165, 1.54) is 0 Å². The van der Waals surface area contributed by atoms with Gasteiger partial charge in [-0.1, -0.05) is 19.3 Å². The molecule has 1 rings (SSSR count). The maximum atomic E-state index is 11.6. The summed E-state index contributed by atoms with van der Waals surface area (Å²) < 4.78 is 0. The number of hydrogen-bond acceptors (Lipinski definition) is 3. The zero-order valence-electron chi connectivity index (χ0n) is 9.95. The van der Waals surface area contributed by atoms with Crippen LogP contribution in [0.2, 0.25) is 0 Å². The summed E-state index contributed by atoms with van der Waals surface area (Å²) in [5.74, 6) is 0.0722. The number of aliphatic hydroxyl groups is 1. The van der Waals surface area contributed by atoms with Gasteiger partial charge in [0.2, 0.25) is 5.91 Å². The lowest BCUT2D eigenvalue weighted by atomic mass is 9.92. The van der Waals surface area contributed by atoms with Crippen LogP contribution in [0.3, 0.4) is 0 Å². The predicted octanol–water partition coefficient (Wildman–Crippen LogP) is 0.925. The largest absolute Gasteiger partial charge is 0.391 e. The maximum absolute atomic E-state index is 11.6. The van der Waals surface area contributed by atoms with E-state index in [0.717, 1.165) is 44.9 Å². The van der Waals surface area contributed by atoms with Gasteiger partial charge in [-0.25, -0.2) is 0 Å². The molecule has 0 aromatic carbocycles. The Kier molecular flexibility index (Phi) is 6.42. The van der Waals surface area contributed by atoms with Crippen molar-refractivity contribution in [2.45, 2.75) is 63.5 Å². The molecular formula is C12H24N2O2. The fraction of sp³-hybridized carbons (Fsp3) is 0.917. The molecule has 0 radical (unpaired) electrons. The molecule has 4 nitrogen and oxygen atoms in total. The molecule has 16 heavy (non-hydrogen) atoms. The third-order valence-corrected chi connectivity index (χ3v) is 3.18. The Balaban J connectivity index is 2.12. The lowest BCUT2D eigenvalue weighted by Crippen LogP contribution is -2.44. The fourth-order valence-corrected chi connectivity index (χ4v) is 2.17. The highest BCUT2D eigenvalue weighted by molar-refractivity contribution is 5.76. The number of unbranched alkanes of at least 4 members (excludes halogenated alkanes) is 2. The van der Waals surface area contributed by atoms with Crippen LogP contribution in [0.25, 0.3) is 0 Å². The van der Waals surface area contributed by atoms with Crippen LogP contribution in [0.15, 0.2) is 0 Å². The molecule has 4 N–H and O–H groups in total. The van der Waals surface area contributed by atoms with Crippen molar-refractivity contribution in [1.82, 2.24) is 5.32 Å². The molecule has 0 aromatic rings. The van der Waals surface area contributed by atoms with E-state index in [2.05, 4.69) is 5.32 Å². The number of hydrogen-bond donors (Lipinski definition) is 3. The zero-order valence-corrected chi connectivity index (χ0v) is 9.95. The van der Waals surface area contributed by atoms with Crippen molar-refractivity contribution in [3.05, 3.63) is 0 Å². The van der Waals surface area contributed by atoms with Crippen molar-refractivity contribution in [3.63, 3.8) is 0 Å². The average Bonchev–Trinajstić information content (AvgIpc) is 2.28. The van der Waals surface area contributed by atoms with Crippen LogP contribution in [-0.4, -0.2) is 29.7 Å². The molecule has 2 atom stereocenters. The molecule has 1 aliphatic carbocycles. The number of carbonyl (C=O) groups excluding carboxylic acids is 1. The Bertz CT molecular complexity index is 209. The molecule has 1 amide bonds. The van der Waals surface area contributed by atoms with Gasteiger partial charge in [0.15, 0.2) is 0 Å². The normalized spacial score (nSPS) is 25.4. The maximum Gasteiger partial charge on any atom is 0.220 e. The highest BCUT2D eigenvalue weighted by Crippen LogP contribution is 2.18. The first-order chi connectivity index (χ1) is 7.74. The van der Waals surface area contributed by atoms with Gasteiger partial charge < -0.3 is 16.2 Å². The number of rotatable bonds is 6. The van der Waals surface area contributed by atoms with E-state index in [-0.39, 0.29) is 18.1 Å². The summed E-state index contributed by atoms with van der Waals surface area (Å²) in [5, 5.41) is 12.6. The molecular weight excluding hydrogens is 204 g/mol. The summed E-state index contributed by atoms with van der Waals surface area (Å²) in [6, 6.07) is -0.0178. The van der Waals surface area contributed by atoms with Crippen LogP contribution in [0, 0.1) is 0 Å². The second-order valence-electron chi connectivity index (χ2n) is 4.63. The first kappa shape index (κ1) is 13.5. The summed E-state index contributed by atoms with van der Waals surface area (Å²) in [6.07, 6.45) is 7.01. The first-order valence-corrected chi connectivity index (χ1v) is 6.41. The van der Waals surface area contributed by atoms with E-state index in [4.69, 9.17) is 5.73 Å². The van der Waals surface area contributed by atoms with Crippen molar-refractivity contribution in [3.8, 4) is 0 Å². The van der Waals surface area contributed by atoms with Gasteiger partial charge in [0.05, 0.1) is 12.1 Å². The lowest BCUT2D eigenvalue weighted by Gasteiger charge is -2.28. The molecule has 0 saturated heterocycles. The van der Waals surface area contributed by atoms with E-state index in [1.54, 1.807) is 0 Å². The highest BCUT2D eigenvalue weighted by Gasteiger charge is 2.23. The SMILES string of the molecule is NCCCCCC(=O)N[C@H]1CCCC[C@@H]1O. The Morgan fingerprint density at radius 2 is 2.00 bits per heavy atom. The van der Waals surface area contributed by atoms with Crippen LogP contribution in [0.1, 0.15) is 51.4 Å². The van der Waals surface area contributed by atoms with Crippen molar-refractivity contribution in [1.29, 1.82) is 0 Å². The Hall–Kier alpha value is -0.610. The number of nitrogens with one attached hydrogen (secondary N) is 1. The summed E-state index contributed by atoms with van der Waals surface area (Å²) in [4.78, 5) is 11.6. The van der Waals surface area contributed by atoms with Crippen LogP contribution in [0.5, 0.6) is 0 Å². The van der Waals surface area contributed by atoms with Gasteiger partial charge in [-0.05, 0) is 32.2 Å². The van der Waals surface area contributed by atoms with E-state index in [1.807, 2.05) is 0 Å². The number of amides is 1. The lowest BCUT2D eigenvalue weighted by molar-refractivity contribution is -0.123. The summed E-state index contributed by atoms with van der Waals surface area (Å²) in [7, 11) is 0. The van der Waals surface area contributed by atoms with E-state index in [9.17, 15) is 9.90 Å². The quantitative estimate of drug-likeness (QED) is 0.592.